The summed E-state index contributed by atoms with van der Waals surface area (Å²) in [6.07, 6.45) is 0.220. The van der Waals surface area contributed by atoms with Crippen LogP contribution in [0.25, 0.3) is 0 Å². The van der Waals surface area contributed by atoms with Gasteiger partial charge in [0.05, 0.1) is 11.4 Å². The highest BCUT2D eigenvalue weighted by Gasteiger charge is 2.36. The van der Waals surface area contributed by atoms with Crippen molar-refractivity contribution >= 4 is 58.0 Å². The maximum atomic E-state index is 13.9. The quantitative estimate of drug-likeness (QED) is 0.249. The lowest BCUT2D eigenvalue weighted by Gasteiger charge is -2.36. The van der Waals surface area contributed by atoms with Crippen molar-refractivity contribution in [2.24, 2.45) is 11.1 Å². The number of halogens is 1. The van der Waals surface area contributed by atoms with Crippen LogP contribution in [0.3, 0.4) is 0 Å². The lowest BCUT2D eigenvalue weighted by molar-refractivity contribution is -0.145. The minimum absolute atomic E-state index is 0.00799. The van der Waals surface area contributed by atoms with E-state index in [0.717, 1.165) is 11.1 Å². The van der Waals surface area contributed by atoms with Gasteiger partial charge in [-0.05, 0) is 52.3 Å². The van der Waals surface area contributed by atoms with Crippen molar-refractivity contribution in [1.82, 2.24) is 20.7 Å². The predicted octanol–water partition coefficient (Wildman–Crippen LogP) is 4.39. The number of carbonyl (C=O) groups is 3. The Bertz CT molecular complexity index is 1310. The zero-order chi connectivity index (χ0) is 29.4. The fraction of sp³-hybridized carbons (Fsp3) is 0.310. The third-order valence-electron chi connectivity index (χ3n) is 6.23. The van der Waals surface area contributed by atoms with Crippen LogP contribution in [0, 0.1) is 5.41 Å². The van der Waals surface area contributed by atoms with Crippen LogP contribution in [0.4, 0.5) is 0 Å². The molecular weight excluding hydrogens is 566 g/mol. The van der Waals surface area contributed by atoms with Gasteiger partial charge in [-0.15, -0.1) is 11.3 Å². The number of hydrogen-bond acceptors (Lipinski definition) is 5. The normalized spacial score (nSPS) is 12.6. The lowest BCUT2D eigenvalue weighted by atomic mass is 9.85. The van der Waals surface area contributed by atoms with Crippen LogP contribution in [0.1, 0.15) is 41.6 Å². The maximum Gasteiger partial charge on any atom is 0.263 e. The number of benzene rings is 2. The van der Waals surface area contributed by atoms with Gasteiger partial charge in [0.2, 0.25) is 5.91 Å². The smallest absolute Gasteiger partial charge is 0.263 e. The summed E-state index contributed by atoms with van der Waals surface area (Å²) in [7, 11) is 1.56. The highest BCUT2D eigenvalue weighted by molar-refractivity contribution is 7.80. The highest BCUT2D eigenvalue weighted by Crippen LogP contribution is 2.22. The van der Waals surface area contributed by atoms with E-state index in [-0.39, 0.29) is 24.0 Å². The van der Waals surface area contributed by atoms with Gasteiger partial charge in [0.25, 0.3) is 11.8 Å². The first-order valence-electron chi connectivity index (χ1n) is 12.6. The summed E-state index contributed by atoms with van der Waals surface area (Å²) < 4.78 is 0. The SMILES string of the molecule is CN(C(=O)[C@H](Cc1ccccc1)NC(=O)[C@@H](NC(=O)c1cccs1)C(C)(C)C)N(Cc1ccc(Cl)cc1)C(N)=S. The molecule has 0 fully saturated rings. The number of amides is 3. The van der Waals surface area contributed by atoms with E-state index in [4.69, 9.17) is 29.6 Å². The van der Waals surface area contributed by atoms with Gasteiger partial charge in [0.15, 0.2) is 5.11 Å². The van der Waals surface area contributed by atoms with Crippen LogP contribution < -0.4 is 16.4 Å². The second-order valence-electron chi connectivity index (χ2n) is 10.4. The standard InChI is InChI=1S/C29H34ClN5O3S2/c1-29(2,3)24(33-25(36)23-11-8-16-40-23)26(37)32-22(17-19-9-6-5-7-10-19)27(38)34(4)35(28(31)39)18-20-12-14-21(30)15-13-20/h5-16,22,24H,17-18H2,1-4H3,(H2,31,39)(H,32,37)(H,33,36)/t22-,24+/m0/s1. The molecule has 1 heterocycles. The fourth-order valence-corrected chi connectivity index (χ4v) is 4.97. The summed E-state index contributed by atoms with van der Waals surface area (Å²) in [5, 5.41) is 10.9. The van der Waals surface area contributed by atoms with Gasteiger partial charge in [-0.25, -0.2) is 0 Å². The summed E-state index contributed by atoms with van der Waals surface area (Å²) in [6.45, 7) is 5.79. The molecule has 0 spiro atoms. The minimum Gasteiger partial charge on any atom is -0.375 e. The van der Waals surface area contributed by atoms with E-state index in [9.17, 15) is 14.4 Å². The third kappa shape index (κ3) is 8.51. The van der Waals surface area contributed by atoms with E-state index in [1.165, 1.54) is 21.4 Å². The summed E-state index contributed by atoms with van der Waals surface area (Å²) in [5.74, 6) is -1.24. The Kier molecular flexibility index (Phi) is 10.7. The van der Waals surface area contributed by atoms with E-state index in [2.05, 4.69) is 10.6 Å². The molecule has 0 unspecified atom stereocenters. The number of thiocarbonyl (C=S) groups is 1. The summed E-state index contributed by atoms with van der Waals surface area (Å²) in [5.41, 5.74) is 7.07. The molecule has 0 saturated carbocycles. The van der Waals surface area contributed by atoms with Crippen molar-refractivity contribution in [3.8, 4) is 0 Å². The zero-order valence-electron chi connectivity index (χ0n) is 22.9. The first-order valence-corrected chi connectivity index (χ1v) is 14.3. The number of nitrogens with one attached hydrogen (secondary N) is 2. The molecule has 0 saturated heterocycles. The van der Waals surface area contributed by atoms with Crippen molar-refractivity contribution in [3.05, 3.63) is 93.1 Å². The highest BCUT2D eigenvalue weighted by atomic mass is 35.5. The van der Waals surface area contributed by atoms with Gasteiger partial charge in [-0.3, -0.25) is 24.4 Å². The van der Waals surface area contributed by atoms with Gasteiger partial charge in [-0.1, -0.05) is 80.9 Å². The van der Waals surface area contributed by atoms with Crippen LogP contribution in [0.5, 0.6) is 0 Å². The Balaban J connectivity index is 1.87. The second kappa shape index (κ2) is 13.7. The van der Waals surface area contributed by atoms with Crippen LogP contribution >= 0.6 is 35.2 Å². The van der Waals surface area contributed by atoms with Gasteiger partial charge >= 0.3 is 0 Å². The predicted molar refractivity (Wildman–Crippen MR) is 164 cm³/mol. The number of likely N-dealkylation sites (N-methyl/N-ethyl adjacent to an activating group) is 1. The number of nitrogens with two attached hydrogens (primary N) is 1. The van der Waals surface area contributed by atoms with Gasteiger partial charge in [0, 0.05) is 18.5 Å². The molecule has 0 radical (unpaired) electrons. The molecule has 3 aromatic rings. The van der Waals surface area contributed by atoms with Crippen molar-refractivity contribution < 1.29 is 14.4 Å². The first kappa shape index (κ1) is 31.1. The first-order chi connectivity index (χ1) is 18.9. The molecule has 212 valence electrons. The Morgan fingerprint density at radius 2 is 1.62 bits per heavy atom. The summed E-state index contributed by atoms with van der Waals surface area (Å²) >= 11 is 12.6. The van der Waals surface area contributed by atoms with E-state index >= 15 is 0 Å². The van der Waals surface area contributed by atoms with Crippen molar-refractivity contribution in [2.45, 2.75) is 45.8 Å². The summed E-state index contributed by atoms with van der Waals surface area (Å²) in [4.78, 5) is 40.9. The average molecular weight is 600 g/mol. The molecule has 0 aliphatic heterocycles. The molecule has 2 aromatic carbocycles. The lowest BCUT2D eigenvalue weighted by Crippen LogP contribution is -2.60. The van der Waals surface area contributed by atoms with Crippen molar-refractivity contribution in [2.75, 3.05) is 7.05 Å². The molecule has 4 N–H and O–H groups in total. The van der Waals surface area contributed by atoms with Crippen LogP contribution in [-0.4, -0.2) is 52.0 Å². The third-order valence-corrected chi connectivity index (χ3v) is 7.56. The van der Waals surface area contributed by atoms with Gasteiger partial charge in [0.1, 0.15) is 12.1 Å². The number of thiophene rings is 1. The Labute approximate surface area is 249 Å². The molecule has 11 heteroatoms. The van der Waals surface area contributed by atoms with Crippen molar-refractivity contribution in [1.29, 1.82) is 0 Å². The number of rotatable bonds is 9. The van der Waals surface area contributed by atoms with Crippen LogP contribution in [0.15, 0.2) is 72.1 Å². The molecule has 2 atom stereocenters. The van der Waals surface area contributed by atoms with Crippen LogP contribution in [0.2, 0.25) is 5.02 Å². The number of carbonyl (C=O) groups excluding carboxylic acids is 3. The summed E-state index contributed by atoms with van der Waals surface area (Å²) in [6, 6.07) is 18.1. The average Bonchev–Trinajstić information content (AvgIpc) is 3.45. The second-order valence-corrected chi connectivity index (χ2v) is 12.2. The Morgan fingerprint density at radius 3 is 2.17 bits per heavy atom. The minimum atomic E-state index is -0.967. The molecule has 0 aliphatic carbocycles. The Morgan fingerprint density at radius 1 is 0.975 bits per heavy atom. The van der Waals surface area contributed by atoms with E-state index in [1.54, 1.807) is 36.7 Å². The topological polar surface area (TPSA) is 108 Å². The molecular formula is C29H34ClN5O3S2. The molecule has 0 aliphatic rings. The molecule has 8 nitrogen and oxygen atoms in total. The van der Waals surface area contributed by atoms with E-state index in [0.29, 0.717) is 9.90 Å². The van der Waals surface area contributed by atoms with Crippen molar-refractivity contribution in [3.63, 3.8) is 0 Å². The van der Waals surface area contributed by atoms with Gasteiger partial charge < -0.3 is 16.4 Å². The molecule has 0 bridgehead atoms. The molecule has 3 rings (SSSR count). The van der Waals surface area contributed by atoms with Gasteiger partial charge in [-0.2, -0.15) is 0 Å². The Hall–Kier alpha value is -3.47. The van der Waals surface area contributed by atoms with Crippen LogP contribution in [-0.2, 0) is 22.6 Å². The van der Waals surface area contributed by atoms with E-state index < -0.39 is 29.3 Å². The molecule has 3 amide bonds. The number of hydrazine groups is 1. The molecule has 40 heavy (non-hydrogen) atoms. The van der Waals surface area contributed by atoms with E-state index in [1.807, 2.05) is 63.2 Å². The fourth-order valence-electron chi connectivity index (χ4n) is 4.03. The number of hydrogen-bond donors (Lipinski definition) is 3. The largest absolute Gasteiger partial charge is 0.375 e. The molecule has 1 aromatic heterocycles. The number of nitrogens with zero attached hydrogens (tertiary/aromatic N) is 2. The zero-order valence-corrected chi connectivity index (χ0v) is 25.3. The maximum absolute atomic E-state index is 13.9. The monoisotopic (exact) mass is 599 g/mol.